The maximum absolute atomic E-state index is 12.2. The van der Waals surface area contributed by atoms with Crippen LogP contribution in [0.1, 0.15) is 23.0 Å². The summed E-state index contributed by atoms with van der Waals surface area (Å²) in [4.78, 5) is 27.8. The monoisotopic (exact) mass is 413 g/mol. The number of amides is 2. The average molecular weight is 413 g/mol. The molecule has 0 fully saturated rings. The molecule has 12 nitrogen and oxygen atoms in total. The van der Waals surface area contributed by atoms with Crippen molar-refractivity contribution in [3.05, 3.63) is 29.6 Å². The number of carbonyl (C=O) groups excluding carboxylic acids is 2. The van der Waals surface area contributed by atoms with Gasteiger partial charge in [-0.05, 0) is 6.92 Å². The molecule has 28 heavy (non-hydrogen) atoms. The van der Waals surface area contributed by atoms with E-state index in [1.54, 1.807) is 6.92 Å². The van der Waals surface area contributed by atoms with E-state index in [-0.39, 0.29) is 29.6 Å². The topological polar surface area (TPSA) is 162 Å². The number of nitrogens with one attached hydrogen (secondary N) is 3. The van der Waals surface area contributed by atoms with Gasteiger partial charge in [0, 0.05) is 12.1 Å². The van der Waals surface area contributed by atoms with Crippen molar-refractivity contribution in [3.63, 3.8) is 0 Å². The molecule has 0 bridgehead atoms. The highest BCUT2D eigenvalue weighted by Crippen LogP contribution is 2.21. The van der Waals surface area contributed by atoms with Gasteiger partial charge in [-0.15, -0.1) is 0 Å². The number of anilines is 1. The Bertz CT molecular complexity index is 935. The van der Waals surface area contributed by atoms with E-state index in [9.17, 15) is 18.0 Å². The van der Waals surface area contributed by atoms with Crippen LogP contribution in [0.3, 0.4) is 0 Å². The molecular weight excluding hydrogens is 394 g/mol. The van der Waals surface area contributed by atoms with Gasteiger partial charge in [0.2, 0.25) is 15.9 Å². The standard InChI is InChI=1S/C15H19N5O7S/c1-4-27-14(21)10-7-16-19-11(10)8-28(23,24)20-15(22)18-12-5-9(25-2)6-13(17-12)26-3/h5-7H,4,8H2,1-3H3,(H,16,19)(H2,17,18,20,22). The lowest BCUT2D eigenvalue weighted by Crippen LogP contribution is -2.35. The maximum Gasteiger partial charge on any atom is 0.341 e. The molecule has 3 N–H and O–H groups in total. The Labute approximate surface area is 160 Å². The second-order valence-corrected chi connectivity index (χ2v) is 6.95. The predicted octanol–water partition coefficient (Wildman–Crippen LogP) is 0.650. The molecule has 0 aliphatic heterocycles. The van der Waals surface area contributed by atoms with Crippen LogP contribution in [0.4, 0.5) is 10.6 Å². The van der Waals surface area contributed by atoms with E-state index in [2.05, 4.69) is 20.5 Å². The second-order valence-electron chi connectivity index (χ2n) is 5.23. The number of aromatic nitrogens is 3. The Kier molecular flexibility index (Phi) is 6.76. The Morgan fingerprint density at radius 1 is 1.21 bits per heavy atom. The zero-order valence-corrected chi connectivity index (χ0v) is 16.1. The van der Waals surface area contributed by atoms with Gasteiger partial charge in [0.05, 0.1) is 32.7 Å². The van der Waals surface area contributed by atoms with E-state index >= 15 is 0 Å². The molecule has 2 aromatic rings. The quantitative estimate of drug-likeness (QED) is 0.527. The van der Waals surface area contributed by atoms with Crippen LogP contribution in [0.2, 0.25) is 0 Å². The third-order valence-corrected chi connectivity index (χ3v) is 4.42. The number of sulfonamides is 1. The van der Waals surface area contributed by atoms with E-state index in [4.69, 9.17) is 14.2 Å². The van der Waals surface area contributed by atoms with Crippen LogP contribution in [0.25, 0.3) is 0 Å². The minimum atomic E-state index is -4.16. The van der Waals surface area contributed by atoms with Gasteiger partial charge in [-0.2, -0.15) is 10.1 Å². The summed E-state index contributed by atoms with van der Waals surface area (Å²) in [5.41, 5.74) is -0.0493. The fourth-order valence-electron chi connectivity index (χ4n) is 2.08. The van der Waals surface area contributed by atoms with E-state index in [0.717, 1.165) is 6.20 Å². The van der Waals surface area contributed by atoms with Gasteiger partial charge in [-0.3, -0.25) is 10.4 Å². The Balaban J connectivity index is 2.08. The largest absolute Gasteiger partial charge is 0.496 e. The van der Waals surface area contributed by atoms with Crippen LogP contribution in [0, 0.1) is 0 Å². The number of hydrogen-bond donors (Lipinski definition) is 3. The third-order valence-electron chi connectivity index (χ3n) is 3.26. The Morgan fingerprint density at radius 3 is 2.61 bits per heavy atom. The fourth-order valence-corrected chi connectivity index (χ4v) is 3.09. The highest BCUT2D eigenvalue weighted by atomic mass is 32.2. The highest BCUT2D eigenvalue weighted by molar-refractivity contribution is 7.89. The van der Waals surface area contributed by atoms with Crippen LogP contribution in [0.5, 0.6) is 11.6 Å². The zero-order chi connectivity index (χ0) is 20.7. The molecule has 0 radical (unpaired) electrons. The van der Waals surface area contributed by atoms with E-state index < -0.39 is 27.8 Å². The smallest absolute Gasteiger partial charge is 0.341 e. The third kappa shape index (κ3) is 5.57. The summed E-state index contributed by atoms with van der Waals surface area (Å²) in [6, 6.07) is 1.80. The Morgan fingerprint density at radius 2 is 1.96 bits per heavy atom. The van der Waals surface area contributed by atoms with E-state index in [1.165, 1.54) is 26.4 Å². The van der Waals surface area contributed by atoms with Crippen molar-refractivity contribution in [2.75, 3.05) is 26.1 Å². The molecule has 0 unspecified atom stereocenters. The molecular formula is C15H19N5O7S. The van der Waals surface area contributed by atoms with Gasteiger partial charge < -0.3 is 14.2 Å². The number of urea groups is 1. The number of carbonyl (C=O) groups is 2. The number of methoxy groups -OCH3 is 2. The average Bonchev–Trinajstić information content (AvgIpc) is 3.08. The molecule has 0 spiro atoms. The normalized spacial score (nSPS) is 10.8. The first kappa shape index (κ1) is 21.0. The van der Waals surface area contributed by atoms with Crippen molar-refractivity contribution >= 4 is 27.8 Å². The number of hydrogen-bond acceptors (Lipinski definition) is 9. The number of rotatable bonds is 8. The fraction of sp³-hybridized carbons (Fsp3) is 0.333. The molecule has 152 valence electrons. The minimum Gasteiger partial charge on any atom is -0.496 e. The van der Waals surface area contributed by atoms with Crippen molar-refractivity contribution in [2.45, 2.75) is 12.7 Å². The van der Waals surface area contributed by atoms with Crippen molar-refractivity contribution in [2.24, 2.45) is 0 Å². The van der Waals surface area contributed by atoms with Gasteiger partial charge >= 0.3 is 12.0 Å². The van der Waals surface area contributed by atoms with Crippen LogP contribution in [-0.2, 0) is 20.5 Å². The molecule has 2 heterocycles. The number of nitrogens with zero attached hydrogens (tertiary/aromatic N) is 2. The van der Waals surface area contributed by atoms with E-state index in [0.29, 0.717) is 5.75 Å². The summed E-state index contributed by atoms with van der Waals surface area (Å²) in [5.74, 6) is -0.893. The summed E-state index contributed by atoms with van der Waals surface area (Å²) in [5, 5.41) is 8.31. The number of H-pyrrole nitrogens is 1. The molecule has 0 saturated carbocycles. The molecule has 13 heteroatoms. The maximum atomic E-state index is 12.2. The number of esters is 1. The summed E-state index contributed by atoms with van der Waals surface area (Å²) in [6.07, 6.45) is 1.15. The van der Waals surface area contributed by atoms with Gasteiger partial charge in [-0.1, -0.05) is 0 Å². The van der Waals surface area contributed by atoms with Gasteiger partial charge in [0.1, 0.15) is 22.9 Å². The predicted molar refractivity (Wildman–Crippen MR) is 96.7 cm³/mol. The number of pyridine rings is 1. The molecule has 0 aliphatic carbocycles. The summed E-state index contributed by atoms with van der Waals surface area (Å²) >= 11 is 0. The van der Waals surface area contributed by atoms with Crippen LogP contribution in [-0.4, -0.2) is 56.4 Å². The van der Waals surface area contributed by atoms with Crippen molar-refractivity contribution in [3.8, 4) is 11.6 Å². The summed E-state index contributed by atoms with van der Waals surface area (Å²) < 4.78 is 41.1. The number of aromatic amines is 1. The lowest BCUT2D eigenvalue weighted by atomic mass is 10.3. The molecule has 2 aromatic heterocycles. The van der Waals surface area contributed by atoms with Crippen LogP contribution < -0.4 is 19.5 Å². The van der Waals surface area contributed by atoms with Crippen molar-refractivity contribution in [1.29, 1.82) is 0 Å². The molecule has 0 saturated heterocycles. The lowest BCUT2D eigenvalue weighted by molar-refractivity contribution is 0.0525. The molecule has 0 aromatic carbocycles. The first-order chi connectivity index (χ1) is 13.3. The van der Waals surface area contributed by atoms with Crippen LogP contribution in [0.15, 0.2) is 18.3 Å². The first-order valence-electron chi connectivity index (χ1n) is 7.88. The van der Waals surface area contributed by atoms with Gasteiger partial charge in [0.15, 0.2) is 0 Å². The minimum absolute atomic E-state index is 0.0117. The summed E-state index contributed by atoms with van der Waals surface area (Å²) in [6.45, 7) is 1.73. The number of ether oxygens (including phenoxy) is 3. The van der Waals surface area contributed by atoms with Crippen molar-refractivity contribution < 1.29 is 32.2 Å². The van der Waals surface area contributed by atoms with Gasteiger partial charge in [-0.25, -0.2) is 22.7 Å². The summed E-state index contributed by atoms with van der Waals surface area (Å²) in [7, 11) is -1.37. The molecule has 0 atom stereocenters. The molecule has 2 rings (SSSR count). The van der Waals surface area contributed by atoms with Gasteiger partial charge in [0.25, 0.3) is 0 Å². The Hall–Kier alpha value is -3.35. The molecule has 0 aliphatic rings. The lowest BCUT2D eigenvalue weighted by Gasteiger charge is -2.10. The van der Waals surface area contributed by atoms with Crippen LogP contribution >= 0.6 is 0 Å². The van der Waals surface area contributed by atoms with E-state index in [1.807, 2.05) is 4.72 Å². The second kappa shape index (κ2) is 9.03. The molecule has 2 amide bonds. The van der Waals surface area contributed by atoms with Crippen molar-refractivity contribution in [1.82, 2.24) is 19.9 Å². The highest BCUT2D eigenvalue weighted by Gasteiger charge is 2.22. The first-order valence-corrected chi connectivity index (χ1v) is 9.54. The SMILES string of the molecule is CCOC(=O)c1cn[nH]c1CS(=O)(=O)NC(=O)Nc1cc(OC)cc(OC)n1. The zero-order valence-electron chi connectivity index (χ0n) is 15.3.